The molecule has 1 aliphatic heterocycles. The average Bonchev–Trinajstić information content (AvgIpc) is 3.08. The maximum Gasteiger partial charge on any atom is 0.416 e. The van der Waals surface area contributed by atoms with Crippen molar-refractivity contribution in [1.29, 1.82) is 0 Å². The van der Waals surface area contributed by atoms with Crippen molar-refractivity contribution < 1.29 is 22.7 Å². The fraction of sp³-hybridized carbons (Fsp3) is 0.412. The molecular formula is C17H18F3N3O2. The lowest BCUT2D eigenvalue weighted by Crippen LogP contribution is -2.43. The van der Waals surface area contributed by atoms with Crippen LogP contribution in [0.1, 0.15) is 18.4 Å². The van der Waals surface area contributed by atoms with Crippen LogP contribution in [0.25, 0.3) is 0 Å². The van der Waals surface area contributed by atoms with E-state index in [-0.39, 0.29) is 24.3 Å². The van der Waals surface area contributed by atoms with Crippen molar-refractivity contribution in [1.82, 2.24) is 14.5 Å². The Kier molecular flexibility index (Phi) is 4.96. The van der Waals surface area contributed by atoms with E-state index in [1.807, 2.05) is 0 Å². The predicted molar refractivity (Wildman–Crippen MR) is 83.9 cm³/mol. The number of aromatic nitrogens is 2. The number of hydrogen-bond donors (Lipinski definition) is 0. The van der Waals surface area contributed by atoms with Gasteiger partial charge in [-0.1, -0.05) is 6.07 Å². The van der Waals surface area contributed by atoms with E-state index in [9.17, 15) is 18.0 Å². The zero-order valence-corrected chi connectivity index (χ0v) is 13.4. The number of likely N-dealkylation sites (tertiary alicyclic amines) is 1. The number of halogens is 3. The molecule has 2 aromatic rings. The van der Waals surface area contributed by atoms with E-state index in [1.165, 1.54) is 12.1 Å². The van der Waals surface area contributed by atoms with E-state index in [4.69, 9.17) is 4.74 Å². The zero-order chi connectivity index (χ0) is 17.9. The standard InChI is InChI=1S/C17H18F3N3O2/c18-17(19,20)13-2-1-3-15(10-13)25-14-4-7-23(8-5-14)16(24)11-22-9-6-21-12-22/h1-3,6,9-10,12,14H,4-5,7-8,11H2. The van der Waals surface area contributed by atoms with Gasteiger partial charge in [0.2, 0.25) is 5.91 Å². The average molecular weight is 353 g/mol. The van der Waals surface area contributed by atoms with Gasteiger partial charge in [0.15, 0.2) is 0 Å². The normalized spacial score (nSPS) is 16.0. The summed E-state index contributed by atoms with van der Waals surface area (Å²) in [5.74, 6) is 0.202. The third kappa shape index (κ3) is 4.52. The summed E-state index contributed by atoms with van der Waals surface area (Å²) in [7, 11) is 0. The monoisotopic (exact) mass is 353 g/mol. The number of benzene rings is 1. The highest BCUT2D eigenvalue weighted by atomic mass is 19.4. The van der Waals surface area contributed by atoms with Crippen LogP contribution >= 0.6 is 0 Å². The van der Waals surface area contributed by atoms with Crippen LogP contribution in [0.5, 0.6) is 5.75 Å². The number of piperidine rings is 1. The molecule has 2 heterocycles. The first kappa shape index (κ1) is 17.3. The van der Waals surface area contributed by atoms with E-state index in [1.54, 1.807) is 28.2 Å². The lowest BCUT2D eigenvalue weighted by Gasteiger charge is -2.32. The lowest BCUT2D eigenvalue weighted by atomic mass is 10.1. The van der Waals surface area contributed by atoms with Gasteiger partial charge in [-0.05, 0) is 18.2 Å². The smallest absolute Gasteiger partial charge is 0.416 e. The van der Waals surface area contributed by atoms with E-state index >= 15 is 0 Å². The van der Waals surface area contributed by atoms with E-state index in [0.29, 0.717) is 25.9 Å². The third-order valence-electron chi connectivity index (χ3n) is 4.14. The second-order valence-electron chi connectivity index (χ2n) is 5.96. The summed E-state index contributed by atoms with van der Waals surface area (Å²) < 4.78 is 45.6. The lowest BCUT2D eigenvalue weighted by molar-refractivity contribution is -0.138. The van der Waals surface area contributed by atoms with E-state index in [0.717, 1.165) is 12.1 Å². The molecule has 0 radical (unpaired) electrons. The number of ether oxygens (including phenoxy) is 1. The van der Waals surface area contributed by atoms with Crippen LogP contribution < -0.4 is 4.74 Å². The molecule has 1 aliphatic rings. The summed E-state index contributed by atoms with van der Waals surface area (Å²) >= 11 is 0. The molecule has 0 atom stereocenters. The van der Waals surface area contributed by atoms with Gasteiger partial charge in [0.1, 0.15) is 18.4 Å². The Morgan fingerprint density at radius 3 is 2.68 bits per heavy atom. The van der Waals surface area contributed by atoms with Gasteiger partial charge >= 0.3 is 6.18 Å². The van der Waals surface area contributed by atoms with Crippen LogP contribution in [0.4, 0.5) is 13.2 Å². The van der Waals surface area contributed by atoms with Crippen molar-refractivity contribution in [3.05, 3.63) is 48.5 Å². The topological polar surface area (TPSA) is 47.4 Å². The molecule has 3 rings (SSSR count). The largest absolute Gasteiger partial charge is 0.490 e. The molecule has 25 heavy (non-hydrogen) atoms. The summed E-state index contributed by atoms with van der Waals surface area (Å²) in [4.78, 5) is 17.8. The minimum atomic E-state index is -4.39. The molecule has 134 valence electrons. The summed E-state index contributed by atoms with van der Waals surface area (Å²) in [6.45, 7) is 1.29. The summed E-state index contributed by atoms with van der Waals surface area (Å²) in [5, 5.41) is 0. The fourth-order valence-corrected chi connectivity index (χ4v) is 2.80. The SMILES string of the molecule is O=C(Cn1ccnc1)N1CCC(Oc2cccc(C(F)(F)F)c2)CC1. The zero-order valence-electron chi connectivity index (χ0n) is 13.4. The van der Waals surface area contributed by atoms with Gasteiger partial charge in [0.05, 0.1) is 11.9 Å². The molecule has 0 bridgehead atoms. The van der Waals surface area contributed by atoms with Crippen LogP contribution in [-0.2, 0) is 17.5 Å². The third-order valence-corrected chi connectivity index (χ3v) is 4.14. The number of imidazole rings is 1. The van der Waals surface area contributed by atoms with E-state index < -0.39 is 11.7 Å². The van der Waals surface area contributed by atoms with Crippen LogP contribution in [0, 0.1) is 0 Å². The molecule has 0 N–H and O–H groups in total. The van der Waals surface area contributed by atoms with Crippen molar-refractivity contribution >= 4 is 5.91 Å². The van der Waals surface area contributed by atoms with Crippen LogP contribution in [0.15, 0.2) is 43.0 Å². The Morgan fingerprint density at radius 2 is 2.04 bits per heavy atom. The highest BCUT2D eigenvalue weighted by Crippen LogP contribution is 2.32. The minimum absolute atomic E-state index is 0.00415. The highest BCUT2D eigenvalue weighted by Gasteiger charge is 2.31. The summed E-state index contributed by atoms with van der Waals surface area (Å²) in [6.07, 6.45) is 1.52. The van der Waals surface area contributed by atoms with Gasteiger partial charge in [0.25, 0.3) is 0 Å². The first-order valence-corrected chi connectivity index (χ1v) is 7.99. The number of amides is 1. The second-order valence-corrected chi connectivity index (χ2v) is 5.96. The number of carbonyl (C=O) groups excluding carboxylic acids is 1. The molecular weight excluding hydrogens is 335 g/mol. The Labute approximate surface area is 143 Å². The van der Waals surface area contributed by atoms with Crippen molar-refractivity contribution in [3.63, 3.8) is 0 Å². The number of nitrogens with zero attached hydrogens (tertiary/aromatic N) is 3. The molecule has 0 aliphatic carbocycles. The molecule has 1 aromatic carbocycles. The van der Waals surface area contributed by atoms with Gasteiger partial charge in [-0.2, -0.15) is 13.2 Å². The second kappa shape index (κ2) is 7.16. The molecule has 1 amide bonds. The maximum atomic E-state index is 12.7. The Morgan fingerprint density at radius 1 is 1.28 bits per heavy atom. The minimum Gasteiger partial charge on any atom is -0.490 e. The van der Waals surface area contributed by atoms with Crippen molar-refractivity contribution in [2.75, 3.05) is 13.1 Å². The van der Waals surface area contributed by atoms with Crippen molar-refractivity contribution in [3.8, 4) is 5.75 Å². The van der Waals surface area contributed by atoms with Crippen LogP contribution in [-0.4, -0.2) is 39.6 Å². The molecule has 1 fully saturated rings. The molecule has 1 saturated heterocycles. The Balaban J connectivity index is 1.52. The maximum absolute atomic E-state index is 12.7. The molecule has 5 nitrogen and oxygen atoms in total. The van der Waals surface area contributed by atoms with Gasteiger partial charge in [-0.3, -0.25) is 4.79 Å². The number of carbonyl (C=O) groups is 1. The Bertz CT molecular complexity index is 708. The van der Waals surface area contributed by atoms with Gasteiger partial charge < -0.3 is 14.2 Å². The first-order chi connectivity index (χ1) is 11.9. The molecule has 0 saturated carbocycles. The number of alkyl halides is 3. The molecule has 8 heteroatoms. The fourth-order valence-electron chi connectivity index (χ4n) is 2.80. The number of rotatable bonds is 4. The first-order valence-electron chi connectivity index (χ1n) is 7.99. The summed E-state index contributed by atoms with van der Waals surface area (Å²) in [5.41, 5.74) is -0.724. The van der Waals surface area contributed by atoms with Crippen molar-refractivity contribution in [2.45, 2.75) is 31.7 Å². The van der Waals surface area contributed by atoms with Crippen LogP contribution in [0.3, 0.4) is 0 Å². The van der Waals surface area contributed by atoms with Crippen molar-refractivity contribution in [2.24, 2.45) is 0 Å². The molecule has 1 aromatic heterocycles. The predicted octanol–water partition coefficient (Wildman–Crippen LogP) is 2.97. The Hall–Kier alpha value is -2.51. The molecule has 0 spiro atoms. The summed E-state index contributed by atoms with van der Waals surface area (Å²) in [6, 6.07) is 4.88. The van der Waals surface area contributed by atoms with Gasteiger partial charge in [-0.25, -0.2) is 4.98 Å². The quantitative estimate of drug-likeness (QED) is 0.849. The van der Waals surface area contributed by atoms with E-state index in [2.05, 4.69) is 4.98 Å². The highest BCUT2D eigenvalue weighted by molar-refractivity contribution is 5.76. The molecule has 0 unspecified atom stereocenters. The van der Waals surface area contributed by atoms with Gasteiger partial charge in [-0.15, -0.1) is 0 Å². The van der Waals surface area contributed by atoms with Crippen LogP contribution in [0.2, 0.25) is 0 Å². The van der Waals surface area contributed by atoms with Gasteiger partial charge in [0, 0.05) is 38.3 Å². The number of hydrogen-bond acceptors (Lipinski definition) is 3.